The minimum absolute atomic E-state index is 0.815. The van der Waals surface area contributed by atoms with Gasteiger partial charge in [-0.1, -0.05) is 17.3 Å². The fourth-order valence-electron chi connectivity index (χ4n) is 2.02. The summed E-state index contributed by atoms with van der Waals surface area (Å²) in [6.07, 6.45) is 0. The monoisotopic (exact) mass is 218 g/mol. The molecule has 0 bridgehead atoms. The van der Waals surface area contributed by atoms with Crippen molar-refractivity contribution in [1.29, 1.82) is 0 Å². The zero-order valence-electron chi connectivity index (χ0n) is 9.06. The molecule has 0 spiro atoms. The highest BCUT2D eigenvalue weighted by Gasteiger charge is 2.14. The predicted octanol–water partition coefficient (Wildman–Crippen LogP) is 1.66. The number of benzene rings is 1. The van der Waals surface area contributed by atoms with Gasteiger partial charge in [-0.2, -0.15) is 0 Å². The minimum atomic E-state index is 0.815. The van der Waals surface area contributed by atoms with Crippen LogP contribution in [-0.2, 0) is 11.3 Å². The van der Waals surface area contributed by atoms with E-state index >= 15 is 0 Å². The fraction of sp³-hybridized carbons (Fsp3) is 0.417. The third-order valence-corrected chi connectivity index (χ3v) is 2.93. The van der Waals surface area contributed by atoms with E-state index in [-0.39, 0.29) is 0 Å². The number of rotatable bonds is 2. The average molecular weight is 218 g/mol. The van der Waals surface area contributed by atoms with Gasteiger partial charge in [0.1, 0.15) is 5.69 Å². The number of para-hydroxylation sites is 1. The number of nitrogens with zero attached hydrogens (tertiary/aromatic N) is 2. The number of aromatic nitrogens is 1. The van der Waals surface area contributed by atoms with Gasteiger partial charge in [0.25, 0.3) is 0 Å². The molecule has 1 aromatic carbocycles. The van der Waals surface area contributed by atoms with Crippen LogP contribution < -0.4 is 0 Å². The molecule has 1 fully saturated rings. The summed E-state index contributed by atoms with van der Waals surface area (Å²) in [5, 5.41) is 5.25. The first-order chi connectivity index (χ1) is 7.93. The van der Waals surface area contributed by atoms with Crippen LogP contribution in [0.25, 0.3) is 11.0 Å². The van der Waals surface area contributed by atoms with Gasteiger partial charge in [-0.3, -0.25) is 4.90 Å². The summed E-state index contributed by atoms with van der Waals surface area (Å²) in [6.45, 7) is 4.42. The Morgan fingerprint density at radius 1 is 1.19 bits per heavy atom. The molecule has 16 heavy (non-hydrogen) atoms. The van der Waals surface area contributed by atoms with Crippen LogP contribution in [0.4, 0.5) is 0 Å². The quantitative estimate of drug-likeness (QED) is 0.768. The van der Waals surface area contributed by atoms with Gasteiger partial charge in [-0.05, 0) is 12.1 Å². The number of morpholine rings is 1. The third kappa shape index (κ3) is 1.81. The second kappa shape index (κ2) is 4.23. The van der Waals surface area contributed by atoms with Gasteiger partial charge in [0.2, 0.25) is 0 Å². The van der Waals surface area contributed by atoms with E-state index in [1.807, 2.05) is 18.2 Å². The molecule has 0 saturated carbocycles. The lowest BCUT2D eigenvalue weighted by molar-refractivity contribution is 0.0334. The Labute approximate surface area is 93.8 Å². The minimum Gasteiger partial charge on any atom is -0.379 e. The molecule has 1 saturated heterocycles. The Morgan fingerprint density at radius 2 is 2.00 bits per heavy atom. The van der Waals surface area contributed by atoms with Crippen LogP contribution in [-0.4, -0.2) is 36.4 Å². The van der Waals surface area contributed by atoms with E-state index in [1.165, 1.54) is 0 Å². The predicted molar refractivity (Wildman–Crippen MR) is 60.1 cm³/mol. The molecule has 0 N–H and O–H groups in total. The van der Waals surface area contributed by atoms with Crippen LogP contribution in [0.5, 0.6) is 0 Å². The van der Waals surface area contributed by atoms with Gasteiger partial charge in [-0.15, -0.1) is 0 Å². The Hall–Kier alpha value is -1.39. The maximum absolute atomic E-state index is 5.32. The highest BCUT2D eigenvalue weighted by atomic mass is 16.5. The fourth-order valence-corrected chi connectivity index (χ4v) is 2.02. The summed E-state index contributed by atoms with van der Waals surface area (Å²) in [5.41, 5.74) is 1.89. The summed E-state index contributed by atoms with van der Waals surface area (Å²) in [5.74, 6) is 0. The summed E-state index contributed by atoms with van der Waals surface area (Å²) in [6, 6.07) is 7.99. The molecule has 0 amide bonds. The Bertz CT molecular complexity index is 475. The number of ether oxygens (including phenoxy) is 1. The van der Waals surface area contributed by atoms with E-state index in [0.717, 1.165) is 49.5 Å². The zero-order chi connectivity index (χ0) is 10.8. The Kier molecular flexibility index (Phi) is 2.60. The average Bonchev–Trinajstić information content (AvgIpc) is 2.74. The molecule has 4 nitrogen and oxygen atoms in total. The van der Waals surface area contributed by atoms with Crippen molar-refractivity contribution >= 4 is 11.0 Å². The molecule has 0 unspecified atom stereocenters. The smallest absolute Gasteiger partial charge is 0.167 e. The van der Waals surface area contributed by atoms with Gasteiger partial charge < -0.3 is 9.26 Å². The first-order valence-corrected chi connectivity index (χ1v) is 5.57. The van der Waals surface area contributed by atoms with Crippen molar-refractivity contribution in [2.24, 2.45) is 0 Å². The van der Waals surface area contributed by atoms with Crippen LogP contribution in [0.2, 0.25) is 0 Å². The molecule has 0 atom stereocenters. The van der Waals surface area contributed by atoms with Crippen LogP contribution in [0.15, 0.2) is 28.8 Å². The highest BCUT2D eigenvalue weighted by Crippen LogP contribution is 2.19. The molecule has 2 aromatic rings. The lowest BCUT2D eigenvalue weighted by atomic mass is 10.2. The molecular weight excluding hydrogens is 204 g/mol. The second-order valence-corrected chi connectivity index (χ2v) is 4.01. The van der Waals surface area contributed by atoms with E-state index < -0.39 is 0 Å². The number of fused-ring (bicyclic) bond motifs is 1. The van der Waals surface area contributed by atoms with Crippen LogP contribution >= 0.6 is 0 Å². The van der Waals surface area contributed by atoms with Gasteiger partial charge in [0.05, 0.1) is 13.2 Å². The molecule has 0 aliphatic carbocycles. The molecule has 1 aliphatic rings. The van der Waals surface area contributed by atoms with Crippen LogP contribution in [0.3, 0.4) is 0 Å². The maximum Gasteiger partial charge on any atom is 0.167 e. The van der Waals surface area contributed by atoms with Crippen molar-refractivity contribution < 1.29 is 9.26 Å². The van der Waals surface area contributed by atoms with Crippen molar-refractivity contribution in [3.05, 3.63) is 30.0 Å². The largest absolute Gasteiger partial charge is 0.379 e. The van der Waals surface area contributed by atoms with Crippen molar-refractivity contribution in [2.45, 2.75) is 6.54 Å². The van der Waals surface area contributed by atoms with E-state index in [1.54, 1.807) is 0 Å². The van der Waals surface area contributed by atoms with Crippen molar-refractivity contribution in [3.8, 4) is 0 Å². The first kappa shape index (κ1) is 9.81. The van der Waals surface area contributed by atoms with Crippen LogP contribution in [0.1, 0.15) is 5.69 Å². The van der Waals surface area contributed by atoms with Gasteiger partial charge in [0.15, 0.2) is 5.58 Å². The van der Waals surface area contributed by atoms with E-state index in [0.29, 0.717) is 0 Å². The molecule has 1 aromatic heterocycles. The summed E-state index contributed by atoms with van der Waals surface area (Å²) in [7, 11) is 0. The molecule has 4 heteroatoms. The van der Waals surface area contributed by atoms with E-state index in [4.69, 9.17) is 9.26 Å². The van der Waals surface area contributed by atoms with Gasteiger partial charge in [0, 0.05) is 25.0 Å². The maximum atomic E-state index is 5.32. The van der Waals surface area contributed by atoms with Gasteiger partial charge in [-0.25, -0.2) is 0 Å². The van der Waals surface area contributed by atoms with Crippen molar-refractivity contribution in [2.75, 3.05) is 26.3 Å². The van der Waals surface area contributed by atoms with Gasteiger partial charge >= 0.3 is 0 Å². The number of hydrogen-bond donors (Lipinski definition) is 0. The highest BCUT2D eigenvalue weighted by molar-refractivity contribution is 5.79. The summed E-state index contributed by atoms with van der Waals surface area (Å²) in [4.78, 5) is 2.34. The van der Waals surface area contributed by atoms with Crippen molar-refractivity contribution in [3.63, 3.8) is 0 Å². The lowest BCUT2D eigenvalue weighted by Gasteiger charge is -2.25. The molecule has 2 heterocycles. The SMILES string of the molecule is c1ccc2c(CN3CCOCC3)noc2c1. The van der Waals surface area contributed by atoms with E-state index in [9.17, 15) is 0 Å². The van der Waals surface area contributed by atoms with Crippen molar-refractivity contribution in [1.82, 2.24) is 10.1 Å². The Morgan fingerprint density at radius 3 is 2.88 bits per heavy atom. The zero-order valence-corrected chi connectivity index (χ0v) is 9.06. The molecule has 3 rings (SSSR count). The summed E-state index contributed by atoms with van der Waals surface area (Å²) >= 11 is 0. The molecule has 0 radical (unpaired) electrons. The summed E-state index contributed by atoms with van der Waals surface area (Å²) < 4.78 is 10.6. The number of hydrogen-bond acceptors (Lipinski definition) is 4. The van der Waals surface area contributed by atoms with E-state index in [2.05, 4.69) is 16.1 Å². The topological polar surface area (TPSA) is 38.5 Å². The third-order valence-electron chi connectivity index (χ3n) is 2.93. The standard InChI is InChI=1S/C12H14N2O2/c1-2-4-12-10(3-1)11(13-16-12)9-14-5-7-15-8-6-14/h1-4H,5-9H2. The molecular formula is C12H14N2O2. The Balaban J connectivity index is 1.83. The normalized spacial score (nSPS) is 18.0. The molecule has 1 aliphatic heterocycles. The second-order valence-electron chi connectivity index (χ2n) is 4.01. The molecule has 84 valence electrons. The lowest BCUT2D eigenvalue weighted by Crippen LogP contribution is -2.35. The first-order valence-electron chi connectivity index (χ1n) is 5.57. The van der Waals surface area contributed by atoms with Crippen LogP contribution in [0, 0.1) is 0 Å².